The number of nitrogens with zero attached hydrogens (tertiary/aromatic N) is 1. The zero-order valence-corrected chi connectivity index (χ0v) is 17.4. The van der Waals surface area contributed by atoms with Gasteiger partial charge in [0.2, 0.25) is 10.0 Å². The summed E-state index contributed by atoms with van der Waals surface area (Å²) in [6.07, 6.45) is 2.52. The van der Waals surface area contributed by atoms with E-state index in [1.807, 2.05) is 24.3 Å². The van der Waals surface area contributed by atoms with Gasteiger partial charge < -0.3 is 4.74 Å². The fourth-order valence-electron chi connectivity index (χ4n) is 3.10. The molecule has 0 saturated carbocycles. The Bertz CT molecular complexity index is 896. The first-order chi connectivity index (χ1) is 12.9. The van der Waals surface area contributed by atoms with Gasteiger partial charge in [0, 0.05) is 13.1 Å². The first-order valence-corrected chi connectivity index (χ1v) is 11.0. The summed E-state index contributed by atoms with van der Waals surface area (Å²) in [4.78, 5) is 2.35. The minimum absolute atomic E-state index is 0.0514. The van der Waals surface area contributed by atoms with Crippen LogP contribution in [0.5, 0.6) is 5.75 Å². The Morgan fingerprint density at radius 2 is 1.63 bits per heavy atom. The molecule has 0 aromatic heterocycles. The second-order valence-electron chi connectivity index (χ2n) is 6.52. The van der Waals surface area contributed by atoms with Gasteiger partial charge in [-0.15, -0.1) is 0 Å². The molecule has 0 spiro atoms. The van der Waals surface area contributed by atoms with E-state index in [0.29, 0.717) is 5.75 Å². The van der Waals surface area contributed by atoms with Gasteiger partial charge in [-0.1, -0.05) is 47.5 Å². The number of halogens is 2. The summed E-state index contributed by atoms with van der Waals surface area (Å²) in [7, 11) is -2.35. The molecule has 1 aliphatic heterocycles. The first kappa shape index (κ1) is 20.4. The summed E-state index contributed by atoms with van der Waals surface area (Å²) in [5.74, 6) is 0.328. The average Bonchev–Trinajstić information content (AvgIpc) is 3.16. The van der Waals surface area contributed by atoms with Gasteiger partial charge in [0.05, 0.1) is 12.1 Å². The lowest BCUT2D eigenvalue weighted by Gasteiger charge is -2.15. The molecule has 0 aliphatic carbocycles. The van der Waals surface area contributed by atoms with Crippen molar-refractivity contribution in [2.24, 2.45) is 0 Å². The number of hydrogen-bond acceptors (Lipinski definition) is 4. The van der Waals surface area contributed by atoms with E-state index in [-0.39, 0.29) is 21.5 Å². The summed E-state index contributed by atoms with van der Waals surface area (Å²) < 4.78 is 32.8. The lowest BCUT2D eigenvalue weighted by atomic mass is 10.1. The van der Waals surface area contributed by atoms with E-state index >= 15 is 0 Å². The molecule has 0 unspecified atom stereocenters. The van der Waals surface area contributed by atoms with Gasteiger partial charge in [0.15, 0.2) is 0 Å². The van der Waals surface area contributed by atoms with E-state index in [1.54, 1.807) is 0 Å². The molecule has 3 rings (SSSR count). The van der Waals surface area contributed by atoms with Gasteiger partial charge >= 0.3 is 0 Å². The largest absolute Gasteiger partial charge is 0.495 e. The van der Waals surface area contributed by atoms with E-state index in [9.17, 15) is 8.42 Å². The smallest absolute Gasteiger partial charge is 0.242 e. The Balaban J connectivity index is 1.66. The number of sulfonamides is 1. The zero-order chi connectivity index (χ0) is 19.4. The summed E-state index contributed by atoms with van der Waals surface area (Å²) in [5.41, 5.74) is 2.10. The van der Waals surface area contributed by atoms with E-state index in [0.717, 1.165) is 25.2 Å². The van der Waals surface area contributed by atoms with Gasteiger partial charge in [-0.3, -0.25) is 4.90 Å². The number of rotatable bonds is 7. The lowest BCUT2D eigenvalue weighted by Crippen LogP contribution is -2.23. The quantitative estimate of drug-likeness (QED) is 0.721. The summed E-state index contributed by atoms with van der Waals surface area (Å²) in [6.45, 7) is 3.40. The molecule has 146 valence electrons. The molecule has 1 aliphatic rings. The number of nitrogens with one attached hydrogen (secondary N) is 1. The molecule has 0 bridgehead atoms. The molecule has 8 heteroatoms. The van der Waals surface area contributed by atoms with E-state index in [2.05, 4.69) is 9.62 Å². The number of benzene rings is 2. The Morgan fingerprint density at radius 1 is 1.00 bits per heavy atom. The topological polar surface area (TPSA) is 58.6 Å². The van der Waals surface area contributed by atoms with Crippen molar-refractivity contribution in [3.8, 4) is 5.75 Å². The van der Waals surface area contributed by atoms with E-state index in [1.165, 1.54) is 37.6 Å². The first-order valence-electron chi connectivity index (χ1n) is 8.72. The molecular formula is C19H22Cl2N2O3S. The molecule has 0 amide bonds. The van der Waals surface area contributed by atoms with Gasteiger partial charge in [-0.25, -0.2) is 13.1 Å². The van der Waals surface area contributed by atoms with Crippen molar-refractivity contribution in [3.05, 3.63) is 57.6 Å². The second-order valence-corrected chi connectivity index (χ2v) is 9.01. The summed E-state index contributed by atoms with van der Waals surface area (Å²) in [5, 5.41) is 0.0257. The standard InChI is InChI=1S/C19H22Cl2N2O3S/c1-26-16-8-9-17(19(21)18(16)20)27(24,25)22-12-14-4-6-15(7-5-14)13-23-10-2-3-11-23/h4-9,22H,2-3,10-13H2,1H3. The Hall–Kier alpha value is -1.31. The second kappa shape index (κ2) is 8.80. The molecule has 0 radical (unpaired) electrons. The van der Waals surface area contributed by atoms with Crippen molar-refractivity contribution < 1.29 is 13.2 Å². The average molecular weight is 429 g/mol. The monoisotopic (exact) mass is 428 g/mol. The molecule has 1 fully saturated rings. The fourth-order valence-corrected chi connectivity index (χ4v) is 4.95. The Labute approximate surface area is 170 Å². The van der Waals surface area contributed by atoms with E-state index < -0.39 is 10.0 Å². The number of likely N-dealkylation sites (tertiary alicyclic amines) is 1. The van der Waals surface area contributed by atoms with Crippen LogP contribution in [-0.2, 0) is 23.1 Å². The summed E-state index contributed by atoms with van der Waals surface area (Å²) in [6, 6.07) is 10.8. The predicted molar refractivity (Wildman–Crippen MR) is 108 cm³/mol. The molecule has 5 nitrogen and oxygen atoms in total. The third kappa shape index (κ3) is 4.95. The Morgan fingerprint density at radius 3 is 2.26 bits per heavy atom. The maximum atomic E-state index is 12.6. The highest BCUT2D eigenvalue weighted by atomic mass is 35.5. The van der Waals surface area contributed by atoms with Gasteiger partial charge in [0.25, 0.3) is 0 Å². The van der Waals surface area contributed by atoms with Crippen molar-refractivity contribution in [3.63, 3.8) is 0 Å². The van der Waals surface area contributed by atoms with Gasteiger partial charge in [0.1, 0.15) is 15.7 Å². The molecule has 1 heterocycles. The van der Waals surface area contributed by atoms with Crippen LogP contribution in [0.15, 0.2) is 41.3 Å². The molecule has 1 saturated heterocycles. The van der Waals surface area contributed by atoms with Gasteiger partial charge in [-0.2, -0.15) is 0 Å². The minimum Gasteiger partial charge on any atom is -0.495 e. The molecular weight excluding hydrogens is 407 g/mol. The van der Waals surface area contributed by atoms with Crippen LogP contribution in [0, 0.1) is 0 Å². The van der Waals surface area contributed by atoms with E-state index in [4.69, 9.17) is 27.9 Å². The highest BCUT2D eigenvalue weighted by Crippen LogP contribution is 2.36. The zero-order valence-electron chi connectivity index (χ0n) is 15.0. The highest BCUT2D eigenvalue weighted by Gasteiger charge is 2.21. The molecule has 0 atom stereocenters. The van der Waals surface area contributed by atoms with Crippen molar-refractivity contribution in [1.82, 2.24) is 9.62 Å². The van der Waals surface area contributed by atoms with Crippen molar-refractivity contribution in [2.45, 2.75) is 30.8 Å². The van der Waals surface area contributed by atoms with Gasteiger partial charge in [-0.05, 0) is 49.2 Å². The normalized spacial score (nSPS) is 15.2. The van der Waals surface area contributed by atoms with Crippen LogP contribution in [0.4, 0.5) is 0 Å². The van der Waals surface area contributed by atoms with Crippen LogP contribution in [0.3, 0.4) is 0 Å². The maximum Gasteiger partial charge on any atom is 0.242 e. The third-order valence-corrected chi connectivity index (χ3v) is 7.04. The minimum atomic E-state index is -3.80. The maximum absolute atomic E-state index is 12.6. The van der Waals surface area contributed by atoms with Crippen molar-refractivity contribution in [1.29, 1.82) is 0 Å². The lowest BCUT2D eigenvalue weighted by molar-refractivity contribution is 0.331. The SMILES string of the molecule is COc1ccc(S(=O)(=O)NCc2ccc(CN3CCCC3)cc2)c(Cl)c1Cl. The molecule has 2 aromatic carbocycles. The van der Waals surface area contributed by atoms with Crippen LogP contribution in [0.1, 0.15) is 24.0 Å². The summed E-state index contributed by atoms with van der Waals surface area (Å²) >= 11 is 12.2. The van der Waals surface area contributed by atoms with Crippen LogP contribution < -0.4 is 9.46 Å². The number of methoxy groups -OCH3 is 1. The van der Waals surface area contributed by atoms with Crippen LogP contribution in [0.2, 0.25) is 10.0 Å². The third-order valence-electron chi connectivity index (χ3n) is 4.62. The molecule has 27 heavy (non-hydrogen) atoms. The number of ether oxygens (including phenoxy) is 1. The number of hydrogen-bond donors (Lipinski definition) is 1. The van der Waals surface area contributed by atoms with Crippen molar-refractivity contribution >= 4 is 33.2 Å². The Kier molecular flexibility index (Phi) is 6.65. The van der Waals surface area contributed by atoms with Crippen LogP contribution in [-0.4, -0.2) is 33.5 Å². The predicted octanol–water partition coefficient (Wildman–Crippen LogP) is 4.08. The molecule has 1 N–H and O–H groups in total. The fraction of sp³-hybridized carbons (Fsp3) is 0.368. The van der Waals surface area contributed by atoms with Crippen molar-refractivity contribution in [2.75, 3.05) is 20.2 Å². The highest BCUT2D eigenvalue weighted by molar-refractivity contribution is 7.89. The van der Waals surface area contributed by atoms with Crippen LogP contribution >= 0.6 is 23.2 Å². The molecule has 2 aromatic rings. The van der Waals surface area contributed by atoms with Crippen LogP contribution in [0.25, 0.3) is 0 Å².